The monoisotopic (exact) mass is 292 g/mol. The van der Waals surface area contributed by atoms with Crippen molar-refractivity contribution >= 4 is 0 Å². The largest absolute Gasteiger partial charge is 0.468 e. The van der Waals surface area contributed by atoms with Gasteiger partial charge in [0, 0.05) is 6.61 Å². The van der Waals surface area contributed by atoms with Crippen LogP contribution in [0, 0.1) is 10.8 Å². The van der Waals surface area contributed by atoms with E-state index in [9.17, 15) is 0 Å². The zero-order valence-corrected chi connectivity index (χ0v) is 14.8. The van der Waals surface area contributed by atoms with E-state index in [1.807, 2.05) is 6.92 Å². The lowest BCUT2D eigenvalue weighted by Gasteiger charge is -2.36. The van der Waals surface area contributed by atoms with E-state index in [0.29, 0.717) is 24.7 Å². The van der Waals surface area contributed by atoms with Gasteiger partial charge in [0.2, 0.25) is 0 Å². The third-order valence-corrected chi connectivity index (χ3v) is 3.66. The molecular formula is C19H32O2. The normalized spacial score (nSPS) is 14.0. The first kappa shape index (κ1) is 18.0. The Labute approximate surface area is 130 Å². The molecule has 1 rings (SSSR count). The van der Waals surface area contributed by atoms with Gasteiger partial charge in [0.15, 0.2) is 6.79 Å². The Hall–Kier alpha value is -1.02. The van der Waals surface area contributed by atoms with Crippen LogP contribution in [0.5, 0.6) is 5.75 Å². The fourth-order valence-corrected chi connectivity index (χ4v) is 2.53. The summed E-state index contributed by atoms with van der Waals surface area (Å²) in [4.78, 5) is 0. The Balaban J connectivity index is 2.84. The first-order valence-corrected chi connectivity index (χ1v) is 7.94. The van der Waals surface area contributed by atoms with Crippen LogP contribution < -0.4 is 4.74 Å². The predicted octanol–water partition coefficient (Wildman–Crippen LogP) is 5.63. The van der Waals surface area contributed by atoms with Gasteiger partial charge < -0.3 is 9.47 Å². The average Bonchev–Trinajstić information content (AvgIpc) is 2.35. The van der Waals surface area contributed by atoms with Crippen LogP contribution in [0.3, 0.4) is 0 Å². The minimum atomic E-state index is 0.251. The summed E-state index contributed by atoms with van der Waals surface area (Å²) in [7, 11) is 0. The van der Waals surface area contributed by atoms with Gasteiger partial charge in [-0.2, -0.15) is 0 Å². The molecule has 1 aromatic rings. The van der Waals surface area contributed by atoms with Crippen LogP contribution in [0.25, 0.3) is 0 Å². The van der Waals surface area contributed by atoms with Crippen LogP contribution >= 0.6 is 0 Å². The Bertz CT molecular complexity index is 407. The highest BCUT2D eigenvalue weighted by atomic mass is 16.7. The summed E-state index contributed by atoms with van der Waals surface area (Å²) in [6, 6.07) is 8.50. The molecule has 0 fully saturated rings. The van der Waals surface area contributed by atoms with E-state index in [4.69, 9.17) is 9.47 Å². The highest BCUT2D eigenvalue weighted by Crippen LogP contribution is 2.43. The van der Waals surface area contributed by atoms with Gasteiger partial charge in [0.25, 0.3) is 0 Å². The molecule has 2 heteroatoms. The van der Waals surface area contributed by atoms with Gasteiger partial charge >= 0.3 is 0 Å². The van der Waals surface area contributed by atoms with Gasteiger partial charge in [-0.25, -0.2) is 0 Å². The molecule has 0 radical (unpaired) electrons. The second-order valence-electron chi connectivity index (χ2n) is 8.01. The van der Waals surface area contributed by atoms with E-state index in [1.165, 1.54) is 12.0 Å². The second-order valence-corrected chi connectivity index (χ2v) is 8.01. The number of hydrogen-bond acceptors (Lipinski definition) is 2. The van der Waals surface area contributed by atoms with Crippen LogP contribution in [0.1, 0.15) is 66.4 Å². The Kier molecular flexibility index (Phi) is 6.27. The van der Waals surface area contributed by atoms with Crippen molar-refractivity contribution in [2.45, 2.75) is 60.8 Å². The molecule has 1 unspecified atom stereocenters. The zero-order chi connectivity index (χ0) is 16.1. The van der Waals surface area contributed by atoms with Crippen molar-refractivity contribution in [3.63, 3.8) is 0 Å². The molecular weight excluding hydrogens is 260 g/mol. The summed E-state index contributed by atoms with van der Waals surface area (Å²) in [5.41, 5.74) is 1.96. The summed E-state index contributed by atoms with van der Waals surface area (Å²) in [6.45, 7) is 16.9. The SMILES string of the molecule is CCOCOc1ccc(C(CC(C)(C)C)C(C)(C)C)cc1. The number of benzene rings is 1. The molecule has 0 N–H and O–H groups in total. The van der Waals surface area contributed by atoms with Crippen LogP contribution in [0.4, 0.5) is 0 Å². The molecule has 0 aromatic heterocycles. The lowest BCUT2D eigenvalue weighted by atomic mass is 9.69. The topological polar surface area (TPSA) is 18.5 Å². The maximum atomic E-state index is 5.55. The van der Waals surface area contributed by atoms with E-state index >= 15 is 0 Å². The van der Waals surface area contributed by atoms with Gasteiger partial charge in [-0.15, -0.1) is 0 Å². The third kappa shape index (κ3) is 6.52. The smallest absolute Gasteiger partial charge is 0.189 e. The summed E-state index contributed by atoms with van der Waals surface area (Å²) in [5, 5.41) is 0. The fourth-order valence-electron chi connectivity index (χ4n) is 2.53. The van der Waals surface area contributed by atoms with Crippen molar-refractivity contribution in [1.29, 1.82) is 0 Å². The van der Waals surface area contributed by atoms with Gasteiger partial charge in [0.05, 0.1) is 0 Å². The summed E-state index contributed by atoms with van der Waals surface area (Å²) in [6.07, 6.45) is 1.18. The fraction of sp³-hybridized carbons (Fsp3) is 0.684. The standard InChI is InChI=1S/C19H32O2/c1-8-20-14-21-16-11-9-15(10-12-16)17(19(5,6)7)13-18(2,3)4/h9-12,17H,8,13-14H2,1-7H3. The van der Waals surface area contributed by atoms with Crippen LogP contribution in [-0.2, 0) is 4.74 Å². The summed E-state index contributed by atoms with van der Waals surface area (Å²) in [5.74, 6) is 1.41. The van der Waals surface area contributed by atoms with Crippen molar-refractivity contribution in [2.24, 2.45) is 10.8 Å². The maximum absolute atomic E-state index is 5.55. The minimum absolute atomic E-state index is 0.251. The molecule has 0 aliphatic rings. The molecule has 1 aromatic carbocycles. The molecule has 21 heavy (non-hydrogen) atoms. The number of rotatable bonds is 6. The Morgan fingerprint density at radius 3 is 1.95 bits per heavy atom. The van der Waals surface area contributed by atoms with Gasteiger partial charge in [-0.1, -0.05) is 53.7 Å². The molecule has 2 nitrogen and oxygen atoms in total. The average molecular weight is 292 g/mol. The lowest BCUT2D eigenvalue weighted by Crippen LogP contribution is -2.23. The highest BCUT2D eigenvalue weighted by Gasteiger charge is 2.30. The van der Waals surface area contributed by atoms with E-state index in [-0.39, 0.29) is 5.41 Å². The highest BCUT2D eigenvalue weighted by molar-refractivity contribution is 5.30. The molecule has 0 bridgehead atoms. The molecule has 0 aliphatic carbocycles. The van der Waals surface area contributed by atoms with Gasteiger partial charge in [0.1, 0.15) is 5.75 Å². The first-order chi connectivity index (χ1) is 9.63. The number of hydrogen-bond donors (Lipinski definition) is 0. The molecule has 0 amide bonds. The van der Waals surface area contributed by atoms with Crippen molar-refractivity contribution in [3.05, 3.63) is 29.8 Å². The second kappa shape index (κ2) is 7.31. The van der Waals surface area contributed by atoms with Crippen LogP contribution in [0.2, 0.25) is 0 Å². The molecule has 1 atom stereocenters. The van der Waals surface area contributed by atoms with Crippen molar-refractivity contribution in [3.8, 4) is 5.75 Å². The molecule has 0 heterocycles. The zero-order valence-electron chi connectivity index (χ0n) is 14.8. The lowest BCUT2D eigenvalue weighted by molar-refractivity contribution is 0.0224. The molecule has 0 aliphatic heterocycles. The third-order valence-electron chi connectivity index (χ3n) is 3.66. The van der Waals surface area contributed by atoms with E-state index < -0.39 is 0 Å². The van der Waals surface area contributed by atoms with Gasteiger partial charge in [-0.3, -0.25) is 0 Å². The quantitative estimate of drug-likeness (QED) is 0.500. The maximum Gasteiger partial charge on any atom is 0.189 e. The van der Waals surface area contributed by atoms with Crippen LogP contribution in [0.15, 0.2) is 24.3 Å². The minimum Gasteiger partial charge on any atom is -0.468 e. The van der Waals surface area contributed by atoms with Crippen molar-refractivity contribution < 1.29 is 9.47 Å². The first-order valence-electron chi connectivity index (χ1n) is 7.94. The van der Waals surface area contributed by atoms with Crippen molar-refractivity contribution in [1.82, 2.24) is 0 Å². The number of ether oxygens (including phenoxy) is 2. The van der Waals surface area contributed by atoms with E-state index in [1.54, 1.807) is 0 Å². The van der Waals surface area contributed by atoms with E-state index in [0.717, 1.165) is 5.75 Å². The molecule has 0 saturated heterocycles. The van der Waals surface area contributed by atoms with Crippen molar-refractivity contribution in [2.75, 3.05) is 13.4 Å². The predicted molar refractivity (Wildman–Crippen MR) is 89.8 cm³/mol. The molecule has 0 saturated carbocycles. The molecule has 120 valence electrons. The van der Waals surface area contributed by atoms with E-state index in [2.05, 4.69) is 65.8 Å². The van der Waals surface area contributed by atoms with Gasteiger partial charge in [-0.05, 0) is 47.8 Å². The summed E-state index contributed by atoms with van der Waals surface area (Å²) < 4.78 is 10.8. The Morgan fingerprint density at radius 1 is 0.952 bits per heavy atom. The summed E-state index contributed by atoms with van der Waals surface area (Å²) >= 11 is 0. The van der Waals surface area contributed by atoms with Crippen LogP contribution in [-0.4, -0.2) is 13.4 Å². The Morgan fingerprint density at radius 2 is 1.52 bits per heavy atom. The molecule has 0 spiro atoms.